The Kier molecular flexibility index (Phi) is 9.55. The molecule has 0 aliphatic carbocycles. The normalized spacial score (nSPS) is 23.0. The molecule has 3 atom stereocenters. The van der Waals surface area contributed by atoms with E-state index in [1.807, 2.05) is 0 Å². The summed E-state index contributed by atoms with van der Waals surface area (Å²) in [4.78, 5) is 29.4. The molecule has 2 amide bonds. The largest absolute Gasteiger partial charge is 0.444 e. The zero-order chi connectivity index (χ0) is 27.2. The van der Waals surface area contributed by atoms with Crippen LogP contribution in [0, 0.1) is 11.6 Å². The number of nitrogens with two attached hydrogens (primary N) is 1. The van der Waals surface area contributed by atoms with Gasteiger partial charge in [0.15, 0.2) is 0 Å². The van der Waals surface area contributed by atoms with Gasteiger partial charge in [0.25, 0.3) is 5.91 Å². The van der Waals surface area contributed by atoms with Crippen molar-refractivity contribution in [1.82, 2.24) is 16.0 Å². The van der Waals surface area contributed by atoms with Crippen LogP contribution >= 0.6 is 11.8 Å². The van der Waals surface area contributed by atoms with Crippen molar-refractivity contribution in [2.75, 3.05) is 13.7 Å². The molecule has 0 aromatic heterocycles. The number of amides is 2. The van der Waals surface area contributed by atoms with Crippen LogP contribution in [0.5, 0.6) is 0 Å². The fourth-order valence-electron chi connectivity index (χ4n) is 3.95. The fraction of sp³-hybridized carbons (Fsp3) is 0.480. The number of carbonyl (C=O) groups is 2. The Balaban J connectivity index is 1.59. The quantitative estimate of drug-likeness (QED) is 0.409. The smallest absolute Gasteiger partial charge is 0.407 e. The third kappa shape index (κ3) is 7.68. The van der Waals surface area contributed by atoms with E-state index in [1.165, 1.54) is 17.7 Å². The third-order valence-corrected chi connectivity index (χ3v) is 6.63. The number of aliphatic imine (C=N–C) groups is 1. The first-order valence-electron chi connectivity index (χ1n) is 11.9. The van der Waals surface area contributed by atoms with Crippen LogP contribution in [0.1, 0.15) is 51.0 Å². The van der Waals surface area contributed by atoms with Crippen LogP contribution in [0.15, 0.2) is 46.2 Å². The fourth-order valence-corrected chi connectivity index (χ4v) is 4.95. The molecule has 3 rings (SSSR count). The van der Waals surface area contributed by atoms with E-state index in [0.29, 0.717) is 31.6 Å². The summed E-state index contributed by atoms with van der Waals surface area (Å²) in [6, 6.07) is 3.47. The van der Waals surface area contributed by atoms with E-state index in [0.717, 1.165) is 23.9 Å². The van der Waals surface area contributed by atoms with Crippen molar-refractivity contribution in [3.63, 3.8) is 0 Å². The van der Waals surface area contributed by atoms with Crippen molar-refractivity contribution in [1.29, 1.82) is 0 Å². The second-order valence-corrected chi connectivity index (χ2v) is 10.5. The number of thioether (sulfide) groups is 1. The topological polar surface area (TPSA) is 127 Å². The van der Waals surface area contributed by atoms with Gasteiger partial charge in [-0.3, -0.25) is 9.79 Å². The van der Waals surface area contributed by atoms with Gasteiger partial charge in [0.1, 0.15) is 34.4 Å². The molecule has 5 N–H and O–H groups in total. The highest BCUT2D eigenvalue weighted by molar-refractivity contribution is 8.02. The van der Waals surface area contributed by atoms with Crippen LogP contribution in [0.25, 0.3) is 0 Å². The molecule has 1 saturated heterocycles. The molecule has 1 aromatic carbocycles. The molecule has 0 bridgehead atoms. The Bertz CT molecular complexity index is 1080. The van der Waals surface area contributed by atoms with Crippen molar-refractivity contribution in [3.8, 4) is 0 Å². The molecule has 1 fully saturated rings. The summed E-state index contributed by atoms with van der Waals surface area (Å²) < 4.78 is 39.6. The minimum Gasteiger partial charge on any atom is -0.444 e. The maximum atomic E-state index is 14.2. The van der Waals surface area contributed by atoms with Gasteiger partial charge in [0.05, 0.1) is 17.0 Å². The number of nitrogens with zero attached hydrogens (tertiary/aromatic N) is 1. The average molecular weight is 538 g/mol. The SMILES string of the molecule is CN=C(C(=CN)NC(=O)C1=CSC(c2c(F)cccc2F)N1)C1CCC(NC(=O)OC(C)(C)C)CCO1. The molecule has 9 nitrogen and oxygen atoms in total. The van der Waals surface area contributed by atoms with Gasteiger partial charge >= 0.3 is 6.09 Å². The van der Waals surface area contributed by atoms with Crippen LogP contribution in [-0.4, -0.2) is 49.1 Å². The van der Waals surface area contributed by atoms with Crippen molar-refractivity contribution >= 4 is 29.5 Å². The molecular formula is C25H33F2N5O4S. The Hall–Kier alpha value is -3.12. The standard InChI is InChI=1S/C25H33F2N5O4S/c1-25(2,3)36-24(34)30-14-8-9-19(35-11-10-14)21(29-4)17(12-28)31-22(33)18-13-37-23(32-18)20-15(26)6-5-7-16(20)27/h5-7,12-14,19,23,32H,8-11,28H2,1-4H3,(H,30,34)(H,31,33). The average Bonchev–Trinajstić information content (AvgIpc) is 3.19. The van der Waals surface area contributed by atoms with Crippen molar-refractivity contribution < 1.29 is 27.8 Å². The van der Waals surface area contributed by atoms with Gasteiger partial charge in [-0.1, -0.05) is 6.07 Å². The summed E-state index contributed by atoms with van der Waals surface area (Å²) in [5.74, 6) is -1.94. The molecule has 1 aromatic rings. The number of ether oxygens (including phenoxy) is 2. The second kappa shape index (κ2) is 12.4. The van der Waals surface area contributed by atoms with Crippen LogP contribution in [-0.2, 0) is 14.3 Å². The second-order valence-electron chi connectivity index (χ2n) is 9.54. The zero-order valence-corrected chi connectivity index (χ0v) is 22.1. The van der Waals surface area contributed by atoms with Crippen LogP contribution in [0.4, 0.5) is 13.6 Å². The first-order chi connectivity index (χ1) is 17.5. The van der Waals surface area contributed by atoms with Crippen molar-refractivity contribution in [2.24, 2.45) is 10.7 Å². The molecule has 3 unspecified atom stereocenters. The molecule has 0 radical (unpaired) electrons. The summed E-state index contributed by atoms with van der Waals surface area (Å²) in [6.45, 7) is 5.75. The van der Waals surface area contributed by atoms with Gasteiger partial charge < -0.3 is 31.2 Å². The Morgan fingerprint density at radius 2 is 1.95 bits per heavy atom. The van der Waals surface area contributed by atoms with E-state index >= 15 is 0 Å². The van der Waals surface area contributed by atoms with E-state index in [9.17, 15) is 18.4 Å². The lowest BCUT2D eigenvalue weighted by Crippen LogP contribution is -2.39. The number of halogens is 2. The summed E-state index contributed by atoms with van der Waals surface area (Å²) in [5, 5.41) is 9.14. The predicted molar refractivity (Wildman–Crippen MR) is 138 cm³/mol. The third-order valence-electron chi connectivity index (χ3n) is 5.64. The maximum Gasteiger partial charge on any atom is 0.407 e. The Morgan fingerprint density at radius 3 is 2.57 bits per heavy atom. The van der Waals surface area contributed by atoms with Gasteiger partial charge in [-0.05, 0) is 52.2 Å². The number of benzene rings is 1. The minimum absolute atomic E-state index is 0.135. The zero-order valence-electron chi connectivity index (χ0n) is 21.3. The molecule has 202 valence electrons. The highest BCUT2D eigenvalue weighted by Crippen LogP contribution is 2.36. The maximum absolute atomic E-state index is 14.2. The lowest BCUT2D eigenvalue weighted by Gasteiger charge is -2.23. The lowest BCUT2D eigenvalue weighted by atomic mass is 10.0. The first kappa shape index (κ1) is 28.5. The molecule has 0 saturated carbocycles. The first-order valence-corrected chi connectivity index (χ1v) is 12.8. The molecule has 2 aliphatic heterocycles. The van der Waals surface area contributed by atoms with E-state index in [-0.39, 0.29) is 23.0 Å². The van der Waals surface area contributed by atoms with E-state index in [4.69, 9.17) is 15.2 Å². The Labute approximate surface area is 219 Å². The van der Waals surface area contributed by atoms with Gasteiger partial charge in [-0.2, -0.15) is 0 Å². The molecule has 0 spiro atoms. The van der Waals surface area contributed by atoms with Crippen LogP contribution < -0.4 is 21.7 Å². The van der Waals surface area contributed by atoms with E-state index in [1.54, 1.807) is 27.8 Å². The van der Waals surface area contributed by atoms with Gasteiger partial charge in [-0.15, -0.1) is 11.8 Å². The predicted octanol–water partition coefficient (Wildman–Crippen LogP) is 3.59. The van der Waals surface area contributed by atoms with E-state index < -0.39 is 40.7 Å². The highest BCUT2D eigenvalue weighted by atomic mass is 32.2. The molecular weight excluding hydrogens is 504 g/mol. The summed E-state index contributed by atoms with van der Waals surface area (Å²) in [6.07, 6.45) is 1.98. The highest BCUT2D eigenvalue weighted by Gasteiger charge is 2.31. The number of hydrogen-bond acceptors (Lipinski definition) is 8. The Morgan fingerprint density at radius 1 is 1.24 bits per heavy atom. The number of hydrogen-bond donors (Lipinski definition) is 4. The number of carbonyl (C=O) groups excluding carboxylic acids is 2. The molecule has 12 heteroatoms. The monoisotopic (exact) mass is 537 g/mol. The number of nitrogens with one attached hydrogen (secondary N) is 3. The van der Waals surface area contributed by atoms with Gasteiger partial charge in [0.2, 0.25) is 0 Å². The summed E-state index contributed by atoms with van der Waals surface area (Å²) >= 11 is 1.08. The minimum atomic E-state index is -0.786. The summed E-state index contributed by atoms with van der Waals surface area (Å²) in [5.41, 5.74) is 5.90. The lowest BCUT2D eigenvalue weighted by molar-refractivity contribution is -0.117. The number of rotatable bonds is 6. The molecule has 2 aliphatic rings. The molecule has 37 heavy (non-hydrogen) atoms. The van der Waals surface area contributed by atoms with Crippen molar-refractivity contribution in [2.45, 2.75) is 63.2 Å². The molecule has 2 heterocycles. The summed E-state index contributed by atoms with van der Waals surface area (Å²) in [7, 11) is 1.57. The van der Waals surface area contributed by atoms with Crippen LogP contribution in [0.2, 0.25) is 0 Å². The van der Waals surface area contributed by atoms with Gasteiger partial charge in [0, 0.05) is 31.3 Å². The van der Waals surface area contributed by atoms with Crippen molar-refractivity contribution in [3.05, 3.63) is 58.4 Å². The van der Waals surface area contributed by atoms with Gasteiger partial charge in [-0.25, -0.2) is 13.6 Å². The van der Waals surface area contributed by atoms with E-state index in [2.05, 4.69) is 20.9 Å². The van der Waals surface area contributed by atoms with Crippen LogP contribution in [0.3, 0.4) is 0 Å². The number of alkyl carbamates (subject to hydrolysis) is 1.